The lowest BCUT2D eigenvalue weighted by Crippen LogP contribution is -2.70. The Morgan fingerprint density at radius 2 is 1.88 bits per heavy atom. The van der Waals surface area contributed by atoms with Crippen molar-refractivity contribution in [1.82, 2.24) is 0 Å². The van der Waals surface area contributed by atoms with Crippen LogP contribution in [0.4, 0.5) is 8.78 Å². The van der Waals surface area contributed by atoms with Gasteiger partial charge in [0.15, 0.2) is 17.2 Å². The first-order valence-electron chi connectivity index (χ1n) is 11.3. The second-order valence-corrected chi connectivity index (χ2v) is 12.3. The molecule has 33 heavy (non-hydrogen) atoms. The van der Waals surface area contributed by atoms with Crippen LogP contribution in [0.25, 0.3) is 0 Å². The number of allylic oxidation sites excluding steroid dienone is 4. The van der Waals surface area contributed by atoms with E-state index < -0.39 is 62.8 Å². The van der Waals surface area contributed by atoms with Gasteiger partial charge in [-0.05, 0) is 62.7 Å². The molecule has 0 bridgehead atoms. The summed E-state index contributed by atoms with van der Waals surface area (Å²) in [6.45, 7) is 6.80. The summed E-state index contributed by atoms with van der Waals surface area (Å²) < 4.78 is 40.0. The molecule has 5 rings (SSSR count). The summed E-state index contributed by atoms with van der Waals surface area (Å²) in [4.78, 5) is 23.9. The second kappa shape index (κ2) is 6.88. The molecule has 0 radical (unpaired) electrons. The number of ether oxygens (including phenoxy) is 2. The predicted octanol–water partition coefficient (Wildman–Crippen LogP) is 4.18. The minimum Gasteiger partial charge on any atom is -0.391 e. The molecule has 5 aliphatic rings. The van der Waals surface area contributed by atoms with Crippen LogP contribution in [-0.2, 0) is 19.1 Å². The molecule has 4 fully saturated rings. The Labute approximate surface area is 201 Å². The minimum absolute atomic E-state index is 0.0241. The van der Waals surface area contributed by atoms with E-state index in [9.17, 15) is 23.5 Å². The molecular formula is C24H28Cl2F2O5. The van der Waals surface area contributed by atoms with Crippen LogP contribution >= 0.6 is 23.2 Å². The molecule has 0 spiro atoms. The van der Waals surface area contributed by atoms with Gasteiger partial charge in [0, 0.05) is 10.8 Å². The van der Waals surface area contributed by atoms with E-state index in [2.05, 4.69) is 0 Å². The van der Waals surface area contributed by atoms with E-state index in [0.29, 0.717) is 12.0 Å². The number of rotatable bonds is 2. The monoisotopic (exact) mass is 504 g/mol. The van der Waals surface area contributed by atoms with Crippen LogP contribution in [0, 0.1) is 22.7 Å². The van der Waals surface area contributed by atoms with Crippen molar-refractivity contribution >= 4 is 34.8 Å². The zero-order valence-corrected chi connectivity index (χ0v) is 20.4. The average Bonchev–Trinajstić information content (AvgIpc) is 3.11. The van der Waals surface area contributed by atoms with Crippen LogP contribution < -0.4 is 0 Å². The Bertz CT molecular complexity index is 997. The maximum absolute atomic E-state index is 13.9. The molecule has 4 aliphatic carbocycles. The van der Waals surface area contributed by atoms with Gasteiger partial charge in [-0.2, -0.15) is 0 Å². The van der Waals surface area contributed by atoms with Crippen molar-refractivity contribution in [2.45, 2.75) is 87.2 Å². The lowest BCUT2D eigenvalue weighted by molar-refractivity contribution is -0.225. The highest BCUT2D eigenvalue weighted by molar-refractivity contribution is 6.28. The van der Waals surface area contributed by atoms with Gasteiger partial charge in [0.25, 0.3) is 6.43 Å². The summed E-state index contributed by atoms with van der Waals surface area (Å²) in [5.41, 5.74) is -3.32. The van der Waals surface area contributed by atoms with E-state index >= 15 is 0 Å². The zero-order valence-electron chi connectivity index (χ0n) is 18.9. The maximum Gasteiger partial charge on any atom is 0.299 e. The third kappa shape index (κ3) is 2.69. The number of aliphatic hydroxyl groups excluding tert-OH is 1. The molecule has 0 aromatic carbocycles. The molecule has 182 valence electrons. The fourth-order valence-electron chi connectivity index (χ4n) is 7.90. The molecule has 5 nitrogen and oxygen atoms in total. The standard InChI is InChI=1S/C24H28Cl2F2O5/c1-20(2)32-17-9-12-13-8-15(25)14-7-11(29)5-6-21(14,3)23(13,26)16(30)10-22(12,4)24(17,33-20)18(31)19(27)28/h5-7,12-13,15-17,19,30H,8-10H2,1-4H3/t12-,13-,15-,16-,17+,21-,22-,23-,24-/m0/s1. The van der Waals surface area contributed by atoms with Crippen molar-refractivity contribution in [3.63, 3.8) is 0 Å². The Hall–Kier alpha value is -0.860. The molecular weight excluding hydrogens is 477 g/mol. The Morgan fingerprint density at radius 3 is 2.52 bits per heavy atom. The summed E-state index contributed by atoms with van der Waals surface area (Å²) in [6, 6.07) is 0. The van der Waals surface area contributed by atoms with Crippen molar-refractivity contribution in [2.24, 2.45) is 22.7 Å². The number of alkyl halides is 4. The van der Waals surface area contributed by atoms with Crippen molar-refractivity contribution in [3.05, 3.63) is 23.8 Å². The van der Waals surface area contributed by atoms with E-state index in [0.717, 1.165) is 0 Å². The first-order valence-corrected chi connectivity index (χ1v) is 12.1. The molecule has 3 saturated carbocycles. The molecule has 0 unspecified atom stereocenters. The van der Waals surface area contributed by atoms with Gasteiger partial charge < -0.3 is 14.6 Å². The predicted molar refractivity (Wildman–Crippen MR) is 117 cm³/mol. The smallest absolute Gasteiger partial charge is 0.299 e. The fraction of sp³-hybridized carbons (Fsp3) is 0.750. The van der Waals surface area contributed by atoms with Crippen LogP contribution in [-0.4, -0.2) is 56.9 Å². The molecule has 0 aromatic rings. The van der Waals surface area contributed by atoms with Crippen LogP contribution in [0.1, 0.15) is 47.0 Å². The molecule has 9 atom stereocenters. The highest BCUT2D eigenvalue weighted by atomic mass is 35.5. The highest BCUT2D eigenvalue weighted by Gasteiger charge is 2.80. The van der Waals surface area contributed by atoms with E-state index in [1.165, 1.54) is 12.2 Å². The zero-order chi connectivity index (χ0) is 24.4. The van der Waals surface area contributed by atoms with Crippen molar-refractivity contribution in [3.8, 4) is 0 Å². The lowest BCUT2D eigenvalue weighted by atomic mass is 9.45. The Balaban J connectivity index is 1.67. The van der Waals surface area contributed by atoms with E-state index in [1.54, 1.807) is 26.8 Å². The first-order chi connectivity index (χ1) is 15.1. The van der Waals surface area contributed by atoms with Gasteiger partial charge >= 0.3 is 0 Å². The van der Waals surface area contributed by atoms with Gasteiger partial charge in [0.1, 0.15) is 0 Å². The summed E-state index contributed by atoms with van der Waals surface area (Å²) >= 11 is 14.1. The summed E-state index contributed by atoms with van der Waals surface area (Å²) in [5.74, 6) is -3.53. The van der Waals surface area contributed by atoms with Gasteiger partial charge in [0.05, 0.1) is 22.5 Å². The molecule has 1 saturated heterocycles. The number of hydrogen-bond acceptors (Lipinski definition) is 5. The highest BCUT2D eigenvalue weighted by Crippen LogP contribution is 2.73. The number of hydrogen-bond donors (Lipinski definition) is 1. The minimum atomic E-state index is -3.24. The molecule has 0 amide bonds. The topological polar surface area (TPSA) is 72.8 Å². The molecule has 1 heterocycles. The van der Waals surface area contributed by atoms with Crippen LogP contribution in [0.5, 0.6) is 0 Å². The number of carbonyl (C=O) groups excluding carboxylic acids is 2. The van der Waals surface area contributed by atoms with E-state index in [1.807, 2.05) is 6.92 Å². The quantitative estimate of drug-likeness (QED) is 0.571. The SMILES string of the molecule is CC1(C)O[C@@H]2C[C@H]3[C@@H]4C[C@H](Cl)C5=CC(=O)C=C[C@]5(C)[C@@]4(Cl)[C@@H](O)C[C@]3(C)[C@]2(C(=O)C(F)F)O1. The van der Waals surface area contributed by atoms with Gasteiger partial charge in [-0.25, -0.2) is 8.78 Å². The maximum atomic E-state index is 13.9. The average molecular weight is 505 g/mol. The van der Waals surface area contributed by atoms with Crippen molar-refractivity contribution < 1.29 is 33.0 Å². The number of carbonyl (C=O) groups is 2. The molecule has 1 N–H and O–H groups in total. The molecule has 0 aromatic heterocycles. The largest absolute Gasteiger partial charge is 0.391 e. The van der Waals surface area contributed by atoms with Gasteiger partial charge in [-0.3, -0.25) is 9.59 Å². The van der Waals surface area contributed by atoms with Gasteiger partial charge in [-0.15, -0.1) is 23.2 Å². The summed E-state index contributed by atoms with van der Waals surface area (Å²) in [6.07, 6.45) is -0.0939. The normalized spacial score (nSPS) is 52.1. The Morgan fingerprint density at radius 1 is 1.21 bits per heavy atom. The number of Topliss-reactive ketones (excluding diaryl/α,β-unsaturated/α-hetero) is 1. The lowest BCUT2D eigenvalue weighted by Gasteiger charge is -2.64. The van der Waals surface area contributed by atoms with E-state index in [-0.39, 0.29) is 24.5 Å². The first kappa shape index (κ1) is 23.9. The number of aliphatic hydroxyl groups is 1. The van der Waals surface area contributed by atoms with E-state index in [4.69, 9.17) is 32.7 Å². The van der Waals surface area contributed by atoms with Crippen LogP contribution in [0.2, 0.25) is 0 Å². The summed E-state index contributed by atoms with van der Waals surface area (Å²) in [7, 11) is 0. The van der Waals surface area contributed by atoms with Crippen molar-refractivity contribution in [1.29, 1.82) is 0 Å². The van der Waals surface area contributed by atoms with Gasteiger partial charge in [-0.1, -0.05) is 19.9 Å². The number of halogens is 4. The molecule has 1 aliphatic heterocycles. The third-order valence-electron chi connectivity index (χ3n) is 9.19. The van der Waals surface area contributed by atoms with Crippen LogP contribution in [0.3, 0.4) is 0 Å². The molecule has 9 heteroatoms. The summed E-state index contributed by atoms with van der Waals surface area (Å²) in [5, 5.41) is 11.1. The second-order valence-electron chi connectivity index (χ2n) is 11.1. The van der Waals surface area contributed by atoms with Gasteiger partial charge in [0.2, 0.25) is 5.78 Å². The Kier molecular flexibility index (Phi) is 4.97. The third-order valence-corrected chi connectivity index (χ3v) is 10.5. The van der Waals surface area contributed by atoms with Crippen molar-refractivity contribution in [2.75, 3.05) is 0 Å². The van der Waals surface area contributed by atoms with Crippen LogP contribution in [0.15, 0.2) is 23.8 Å². The number of ketones is 2. The fourth-order valence-corrected chi connectivity index (χ4v) is 8.87. The number of fused-ring (bicyclic) bond motifs is 7.